The summed E-state index contributed by atoms with van der Waals surface area (Å²) in [5, 5.41) is 4.32. The molecule has 1 aromatic carbocycles. The molecule has 2 bridgehead atoms. The number of benzene rings is 1. The highest BCUT2D eigenvalue weighted by Gasteiger charge is 2.54. The number of rotatable bonds is 3. The molecular formula is C15H17N3O3. The summed E-state index contributed by atoms with van der Waals surface area (Å²) < 4.78 is 0. The van der Waals surface area contributed by atoms with E-state index in [-0.39, 0.29) is 29.9 Å². The molecule has 3 heterocycles. The number of carbonyl (C=O) groups excluding carboxylic acids is 2. The van der Waals surface area contributed by atoms with E-state index in [4.69, 9.17) is 4.84 Å². The third-order valence-corrected chi connectivity index (χ3v) is 4.55. The summed E-state index contributed by atoms with van der Waals surface area (Å²) >= 11 is 0. The molecule has 3 amide bonds. The maximum atomic E-state index is 12.4. The smallest absolute Gasteiger partial charge is 0.345 e. The van der Waals surface area contributed by atoms with Gasteiger partial charge in [0.1, 0.15) is 12.6 Å². The van der Waals surface area contributed by atoms with Gasteiger partial charge in [-0.25, -0.2) is 4.79 Å². The normalized spacial score (nSPS) is 30.6. The van der Waals surface area contributed by atoms with Gasteiger partial charge in [0.15, 0.2) is 0 Å². The van der Waals surface area contributed by atoms with Crippen LogP contribution in [0.3, 0.4) is 0 Å². The Morgan fingerprint density at radius 1 is 1.24 bits per heavy atom. The van der Waals surface area contributed by atoms with Gasteiger partial charge >= 0.3 is 6.03 Å². The number of nitrogens with one attached hydrogen (secondary N) is 1. The lowest BCUT2D eigenvalue weighted by Gasteiger charge is -2.30. The molecule has 3 fully saturated rings. The van der Waals surface area contributed by atoms with E-state index in [1.807, 2.05) is 30.3 Å². The molecular weight excluding hydrogens is 270 g/mol. The Bertz CT molecular complexity index is 577. The molecule has 3 aliphatic heterocycles. The van der Waals surface area contributed by atoms with Crippen LogP contribution < -0.4 is 5.32 Å². The molecule has 3 saturated heterocycles. The SMILES string of the molecule is O=C1NCC2CC3CN(C(=O)N3OCc3ccccc3)C12. The molecule has 0 radical (unpaired) electrons. The van der Waals surface area contributed by atoms with Crippen molar-refractivity contribution in [3.05, 3.63) is 35.9 Å². The van der Waals surface area contributed by atoms with Gasteiger partial charge in [0, 0.05) is 19.0 Å². The first kappa shape index (κ1) is 12.6. The van der Waals surface area contributed by atoms with Crippen LogP contribution in [-0.4, -0.2) is 47.1 Å². The van der Waals surface area contributed by atoms with Crippen LogP contribution in [0, 0.1) is 5.92 Å². The summed E-state index contributed by atoms with van der Waals surface area (Å²) in [7, 11) is 0. The summed E-state index contributed by atoms with van der Waals surface area (Å²) in [4.78, 5) is 31.7. The van der Waals surface area contributed by atoms with Crippen molar-refractivity contribution in [1.82, 2.24) is 15.3 Å². The number of piperidine rings is 1. The highest BCUT2D eigenvalue weighted by molar-refractivity contribution is 5.90. The molecule has 0 saturated carbocycles. The fraction of sp³-hybridized carbons (Fsp3) is 0.467. The van der Waals surface area contributed by atoms with Gasteiger partial charge in [-0.2, -0.15) is 5.06 Å². The number of hydroxylamine groups is 2. The zero-order valence-electron chi connectivity index (χ0n) is 11.6. The maximum Gasteiger partial charge on any atom is 0.345 e. The van der Waals surface area contributed by atoms with Crippen LogP contribution in [0.2, 0.25) is 0 Å². The summed E-state index contributed by atoms with van der Waals surface area (Å²) in [6.45, 7) is 1.62. The first-order valence-corrected chi connectivity index (χ1v) is 7.28. The lowest BCUT2D eigenvalue weighted by atomic mass is 9.91. The molecule has 1 aromatic rings. The van der Waals surface area contributed by atoms with E-state index in [2.05, 4.69) is 5.32 Å². The third-order valence-electron chi connectivity index (χ3n) is 4.55. The molecule has 0 aromatic heterocycles. The van der Waals surface area contributed by atoms with Crippen LogP contribution in [-0.2, 0) is 16.2 Å². The average Bonchev–Trinajstić information content (AvgIpc) is 2.99. The number of hydrogen-bond donors (Lipinski definition) is 1. The van der Waals surface area contributed by atoms with Crippen molar-refractivity contribution < 1.29 is 14.4 Å². The Hall–Kier alpha value is -2.08. The van der Waals surface area contributed by atoms with Crippen molar-refractivity contribution >= 4 is 11.9 Å². The van der Waals surface area contributed by atoms with E-state index >= 15 is 0 Å². The third kappa shape index (κ3) is 1.98. The Kier molecular flexibility index (Phi) is 2.85. The van der Waals surface area contributed by atoms with Crippen molar-refractivity contribution in [2.75, 3.05) is 13.1 Å². The fourth-order valence-corrected chi connectivity index (χ4v) is 3.56. The largest absolute Gasteiger partial charge is 0.354 e. The van der Waals surface area contributed by atoms with Gasteiger partial charge in [0.05, 0.1) is 6.04 Å². The monoisotopic (exact) mass is 287 g/mol. The molecule has 6 nitrogen and oxygen atoms in total. The van der Waals surface area contributed by atoms with Crippen molar-refractivity contribution in [3.8, 4) is 0 Å². The molecule has 0 spiro atoms. The van der Waals surface area contributed by atoms with E-state index in [1.54, 1.807) is 4.90 Å². The van der Waals surface area contributed by atoms with E-state index < -0.39 is 0 Å². The van der Waals surface area contributed by atoms with E-state index in [9.17, 15) is 9.59 Å². The van der Waals surface area contributed by atoms with Crippen LogP contribution in [0.5, 0.6) is 0 Å². The Labute approximate surface area is 122 Å². The second-order valence-electron chi connectivity index (χ2n) is 5.86. The van der Waals surface area contributed by atoms with Crippen molar-refractivity contribution in [2.45, 2.75) is 25.1 Å². The Morgan fingerprint density at radius 3 is 2.86 bits per heavy atom. The summed E-state index contributed by atoms with van der Waals surface area (Å²) in [6.07, 6.45) is 0.820. The standard InChI is InChI=1S/C15H17N3O3/c19-14-13-11(7-16-14)6-12-8-17(13)15(20)18(12)21-9-10-4-2-1-3-5-10/h1-5,11-13H,6-9H2,(H,16,19). The number of fused-ring (bicyclic) bond motifs is 4. The molecule has 4 rings (SSSR count). The van der Waals surface area contributed by atoms with E-state index in [0.717, 1.165) is 12.0 Å². The van der Waals surface area contributed by atoms with Gasteiger partial charge in [0.2, 0.25) is 5.91 Å². The number of carbonyl (C=O) groups is 2. The molecule has 21 heavy (non-hydrogen) atoms. The van der Waals surface area contributed by atoms with Gasteiger partial charge in [-0.15, -0.1) is 0 Å². The van der Waals surface area contributed by atoms with E-state index in [0.29, 0.717) is 19.7 Å². The minimum Gasteiger partial charge on any atom is -0.354 e. The number of urea groups is 1. The minimum absolute atomic E-state index is 0.0308. The van der Waals surface area contributed by atoms with Crippen LogP contribution in [0.25, 0.3) is 0 Å². The van der Waals surface area contributed by atoms with Gasteiger partial charge in [0.25, 0.3) is 0 Å². The maximum absolute atomic E-state index is 12.4. The first-order chi connectivity index (χ1) is 10.2. The van der Waals surface area contributed by atoms with Crippen LogP contribution in [0.15, 0.2) is 30.3 Å². The van der Waals surface area contributed by atoms with E-state index in [1.165, 1.54) is 5.06 Å². The molecule has 1 N–H and O–H groups in total. The minimum atomic E-state index is -0.306. The summed E-state index contributed by atoms with van der Waals surface area (Å²) in [6, 6.07) is 9.34. The Balaban J connectivity index is 1.48. The highest BCUT2D eigenvalue weighted by atomic mass is 16.7. The number of amides is 3. The summed E-state index contributed by atoms with van der Waals surface area (Å²) in [5.74, 6) is 0.183. The van der Waals surface area contributed by atoms with Gasteiger partial charge in [-0.05, 0) is 12.0 Å². The van der Waals surface area contributed by atoms with Gasteiger partial charge in [-0.1, -0.05) is 30.3 Å². The van der Waals surface area contributed by atoms with Crippen LogP contribution in [0.4, 0.5) is 4.79 Å². The van der Waals surface area contributed by atoms with Crippen molar-refractivity contribution in [2.24, 2.45) is 5.92 Å². The number of hydrogen-bond acceptors (Lipinski definition) is 3. The number of nitrogens with zero attached hydrogens (tertiary/aromatic N) is 2. The van der Waals surface area contributed by atoms with Crippen molar-refractivity contribution in [1.29, 1.82) is 0 Å². The molecule has 3 unspecified atom stereocenters. The van der Waals surface area contributed by atoms with Crippen LogP contribution in [0.1, 0.15) is 12.0 Å². The van der Waals surface area contributed by atoms with Crippen LogP contribution >= 0.6 is 0 Å². The zero-order valence-corrected chi connectivity index (χ0v) is 11.6. The second-order valence-corrected chi connectivity index (χ2v) is 5.86. The lowest BCUT2D eigenvalue weighted by molar-refractivity contribution is -0.142. The predicted octanol–water partition coefficient (Wildman–Crippen LogP) is 0.743. The topological polar surface area (TPSA) is 61.9 Å². The second kappa shape index (κ2) is 4.73. The predicted molar refractivity (Wildman–Crippen MR) is 73.9 cm³/mol. The molecule has 3 atom stereocenters. The zero-order chi connectivity index (χ0) is 14.4. The molecule has 6 heteroatoms. The summed E-state index contributed by atoms with van der Waals surface area (Å²) in [5.41, 5.74) is 1.03. The first-order valence-electron chi connectivity index (χ1n) is 7.28. The van der Waals surface area contributed by atoms with Gasteiger partial charge in [-0.3, -0.25) is 9.63 Å². The Morgan fingerprint density at radius 2 is 2.05 bits per heavy atom. The fourth-order valence-electron chi connectivity index (χ4n) is 3.56. The molecule has 3 aliphatic rings. The lowest BCUT2D eigenvalue weighted by Crippen LogP contribution is -2.47. The highest BCUT2D eigenvalue weighted by Crippen LogP contribution is 2.36. The molecule has 110 valence electrons. The average molecular weight is 287 g/mol. The quantitative estimate of drug-likeness (QED) is 0.892. The molecule has 0 aliphatic carbocycles. The van der Waals surface area contributed by atoms with Gasteiger partial charge < -0.3 is 10.2 Å². The van der Waals surface area contributed by atoms with Crippen molar-refractivity contribution in [3.63, 3.8) is 0 Å².